The van der Waals surface area contributed by atoms with Gasteiger partial charge in [-0.15, -0.1) is 0 Å². The monoisotopic (exact) mass is 628 g/mol. The number of imidazole rings is 2. The van der Waals surface area contributed by atoms with E-state index < -0.39 is 36.7 Å². The molecule has 13 heteroatoms. The van der Waals surface area contributed by atoms with Gasteiger partial charge in [-0.1, -0.05) is 42.5 Å². The predicted octanol–water partition coefficient (Wildman–Crippen LogP) is 3.54. The van der Waals surface area contributed by atoms with Gasteiger partial charge in [0.25, 0.3) is 5.56 Å². The van der Waals surface area contributed by atoms with Crippen molar-refractivity contribution in [2.45, 2.75) is 24.5 Å². The highest BCUT2D eigenvalue weighted by Gasteiger charge is 2.44. The van der Waals surface area contributed by atoms with Crippen LogP contribution in [0.25, 0.3) is 50.5 Å². The standard InChI is InChI=1S/C34H28N8O5/c43-17-26-28(44)29(45)33(47-26)41-18-36-27-31(41)39-34(40-32(27)46)37-21-12-8-19(9-13-21)20-10-14-22(15-11-20)42-25-7-2-1-5-23(25)38-30(42)24-6-3-4-16-35-24/h1-16,18,26,28-29,33,43-45H,17H2,(H2,37,39,40,46)/t26-,28-,29-,33-/m1/s1. The fourth-order valence-corrected chi connectivity index (χ4v) is 5.92. The molecule has 0 saturated carbocycles. The van der Waals surface area contributed by atoms with E-state index in [-0.39, 0.29) is 17.1 Å². The number of ether oxygens (including phenoxy) is 1. The molecular weight excluding hydrogens is 600 g/mol. The number of nitrogens with zero attached hydrogens (tertiary/aromatic N) is 6. The quantitative estimate of drug-likeness (QED) is 0.176. The van der Waals surface area contributed by atoms with Crippen molar-refractivity contribution in [3.63, 3.8) is 0 Å². The second-order valence-electron chi connectivity index (χ2n) is 11.2. The number of aliphatic hydroxyl groups is 3. The average Bonchev–Trinajstić information content (AvgIpc) is 3.79. The topological polar surface area (TPSA) is 176 Å². The molecule has 0 spiro atoms. The molecule has 1 aliphatic rings. The SMILES string of the molecule is O=c1[nH]c(Nc2ccc(-c3ccc(-n4c(-c5ccccn5)nc5ccccc54)cc3)cc2)nc2c1ncn2[C@@H]1O[C@H](CO)[C@@H](O)[C@H]1O. The summed E-state index contributed by atoms with van der Waals surface area (Å²) in [6, 6.07) is 29.7. The normalized spacial score (nSPS) is 19.5. The Kier molecular flexibility index (Phi) is 7.07. The van der Waals surface area contributed by atoms with Crippen LogP contribution in [0.4, 0.5) is 11.6 Å². The van der Waals surface area contributed by atoms with Crippen molar-refractivity contribution in [1.29, 1.82) is 0 Å². The summed E-state index contributed by atoms with van der Waals surface area (Å²) in [5.41, 5.74) is 6.01. The molecule has 5 N–H and O–H groups in total. The van der Waals surface area contributed by atoms with Crippen LogP contribution in [0.1, 0.15) is 6.23 Å². The van der Waals surface area contributed by atoms with E-state index in [2.05, 4.69) is 54.1 Å². The largest absolute Gasteiger partial charge is 0.394 e. The van der Waals surface area contributed by atoms with E-state index in [0.717, 1.165) is 39.4 Å². The van der Waals surface area contributed by atoms with Crippen molar-refractivity contribution in [1.82, 2.24) is 34.1 Å². The molecule has 4 atom stereocenters. The Bertz CT molecular complexity index is 2270. The maximum Gasteiger partial charge on any atom is 0.280 e. The smallest absolute Gasteiger partial charge is 0.280 e. The summed E-state index contributed by atoms with van der Waals surface area (Å²) in [6.45, 7) is -0.475. The number of hydrogen-bond donors (Lipinski definition) is 5. The molecule has 47 heavy (non-hydrogen) atoms. The molecule has 0 unspecified atom stereocenters. The molecule has 1 fully saturated rings. The van der Waals surface area contributed by atoms with Crippen LogP contribution in [0.2, 0.25) is 0 Å². The Morgan fingerprint density at radius 2 is 1.60 bits per heavy atom. The molecule has 4 aromatic heterocycles. The van der Waals surface area contributed by atoms with Gasteiger partial charge in [-0.05, 0) is 59.7 Å². The van der Waals surface area contributed by atoms with Gasteiger partial charge >= 0.3 is 0 Å². The summed E-state index contributed by atoms with van der Waals surface area (Å²) in [7, 11) is 0. The van der Waals surface area contributed by atoms with E-state index in [1.54, 1.807) is 6.20 Å². The maximum atomic E-state index is 12.8. The second kappa shape index (κ2) is 11.6. The van der Waals surface area contributed by atoms with Crippen molar-refractivity contribution in [2.24, 2.45) is 0 Å². The average molecular weight is 629 g/mol. The lowest BCUT2D eigenvalue weighted by Crippen LogP contribution is -2.33. The number of aromatic nitrogens is 7. The lowest BCUT2D eigenvalue weighted by molar-refractivity contribution is -0.0511. The molecule has 234 valence electrons. The van der Waals surface area contributed by atoms with Crippen LogP contribution in [0.5, 0.6) is 0 Å². The summed E-state index contributed by atoms with van der Waals surface area (Å²) in [5.74, 6) is 0.922. The Morgan fingerprint density at radius 1 is 0.851 bits per heavy atom. The van der Waals surface area contributed by atoms with Gasteiger partial charge in [-0.25, -0.2) is 9.97 Å². The molecule has 0 aliphatic carbocycles. The summed E-state index contributed by atoms with van der Waals surface area (Å²) >= 11 is 0. The highest BCUT2D eigenvalue weighted by atomic mass is 16.6. The van der Waals surface area contributed by atoms with E-state index in [0.29, 0.717) is 5.69 Å². The van der Waals surface area contributed by atoms with E-state index in [4.69, 9.17) is 9.72 Å². The third kappa shape index (κ3) is 5.03. The van der Waals surface area contributed by atoms with E-state index in [9.17, 15) is 20.1 Å². The Balaban J connectivity index is 1.05. The third-order valence-corrected chi connectivity index (χ3v) is 8.28. The number of rotatable bonds is 7. The van der Waals surface area contributed by atoms with Crippen LogP contribution in [-0.4, -0.2) is 74.3 Å². The van der Waals surface area contributed by atoms with Gasteiger partial charge in [0.05, 0.1) is 24.0 Å². The van der Waals surface area contributed by atoms with Crippen molar-refractivity contribution in [3.8, 4) is 28.3 Å². The van der Waals surface area contributed by atoms with Crippen molar-refractivity contribution >= 4 is 33.8 Å². The third-order valence-electron chi connectivity index (χ3n) is 8.28. The Morgan fingerprint density at radius 3 is 2.32 bits per heavy atom. The minimum Gasteiger partial charge on any atom is -0.394 e. The molecule has 5 heterocycles. The molecule has 0 bridgehead atoms. The number of aromatic amines is 1. The lowest BCUT2D eigenvalue weighted by atomic mass is 10.0. The van der Waals surface area contributed by atoms with Crippen molar-refractivity contribution in [3.05, 3.63) is 114 Å². The summed E-state index contributed by atoms with van der Waals surface area (Å²) < 4.78 is 9.09. The molecule has 1 aliphatic heterocycles. The summed E-state index contributed by atoms with van der Waals surface area (Å²) in [6.07, 6.45) is -1.62. The molecular formula is C34H28N8O5. The molecule has 1 saturated heterocycles. The zero-order chi connectivity index (χ0) is 32.1. The Hall–Kier alpha value is -5.73. The lowest BCUT2D eigenvalue weighted by Gasteiger charge is -2.16. The number of nitrogens with one attached hydrogen (secondary N) is 2. The Labute approximate surface area is 266 Å². The van der Waals surface area contributed by atoms with Gasteiger partial charge in [0.15, 0.2) is 23.2 Å². The molecule has 3 aromatic carbocycles. The number of aliphatic hydroxyl groups excluding tert-OH is 3. The van der Waals surface area contributed by atoms with Crippen molar-refractivity contribution in [2.75, 3.05) is 11.9 Å². The van der Waals surface area contributed by atoms with Crippen LogP contribution < -0.4 is 10.9 Å². The van der Waals surface area contributed by atoms with Crippen LogP contribution in [0.3, 0.4) is 0 Å². The van der Waals surface area contributed by atoms with E-state index in [1.165, 1.54) is 10.9 Å². The fraction of sp³-hybridized carbons (Fsp3) is 0.147. The number of fused-ring (bicyclic) bond motifs is 2. The van der Waals surface area contributed by atoms with Gasteiger partial charge < -0.3 is 25.4 Å². The van der Waals surface area contributed by atoms with Gasteiger partial charge in [0, 0.05) is 17.6 Å². The van der Waals surface area contributed by atoms with Crippen LogP contribution in [0.15, 0.2) is 108 Å². The summed E-state index contributed by atoms with van der Waals surface area (Å²) in [4.78, 5) is 33.5. The van der Waals surface area contributed by atoms with Gasteiger partial charge in [0.1, 0.15) is 24.0 Å². The second-order valence-corrected chi connectivity index (χ2v) is 11.2. The molecule has 7 aromatic rings. The number of anilines is 2. The molecule has 8 rings (SSSR count). The molecule has 0 radical (unpaired) electrons. The zero-order valence-electron chi connectivity index (χ0n) is 24.7. The minimum atomic E-state index is -1.34. The van der Waals surface area contributed by atoms with Crippen LogP contribution in [-0.2, 0) is 4.74 Å². The van der Waals surface area contributed by atoms with Crippen molar-refractivity contribution < 1.29 is 20.1 Å². The number of benzene rings is 3. The maximum absolute atomic E-state index is 12.8. The molecule has 0 amide bonds. The first-order valence-electron chi connectivity index (χ1n) is 14.9. The number of hydrogen-bond acceptors (Lipinski definition) is 10. The number of pyridine rings is 1. The zero-order valence-corrected chi connectivity index (χ0v) is 24.7. The first-order chi connectivity index (χ1) is 23.0. The van der Waals surface area contributed by atoms with Gasteiger partial charge in [-0.3, -0.25) is 23.9 Å². The van der Waals surface area contributed by atoms with Crippen LogP contribution >= 0.6 is 0 Å². The minimum absolute atomic E-state index is 0.0444. The van der Waals surface area contributed by atoms with E-state index >= 15 is 0 Å². The van der Waals surface area contributed by atoms with Gasteiger partial charge in [-0.2, -0.15) is 4.98 Å². The number of H-pyrrole nitrogens is 1. The predicted molar refractivity (Wildman–Crippen MR) is 174 cm³/mol. The highest BCUT2D eigenvalue weighted by molar-refractivity contribution is 5.83. The first kappa shape index (κ1) is 28.7. The van der Waals surface area contributed by atoms with Crippen LogP contribution in [0, 0.1) is 0 Å². The highest BCUT2D eigenvalue weighted by Crippen LogP contribution is 2.32. The fourth-order valence-electron chi connectivity index (χ4n) is 5.92. The number of para-hydroxylation sites is 2. The summed E-state index contributed by atoms with van der Waals surface area (Å²) in [5, 5.41) is 33.2. The van der Waals surface area contributed by atoms with E-state index in [1.807, 2.05) is 66.7 Å². The van der Waals surface area contributed by atoms with Gasteiger partial charge in [0.2, 0.25) is 5.95 Å². The molecule has 13 nitrogen and oxygen atoms in total. The first-order valence-corrected chi connectivity index (χ1v) is 14.9.